The van der Waals surface area contributed by atoms with Gasteiger partial charge in [-0.3, -0.25) is 0 Å². The number of amides is 2. The number of anilines is 2. The summed E-state index contributed by atoms with van der Waals surface area (Å²) in [6.45, 7) is 1.99. The van der Waals surface area contributed by atoms with E-state index in [1.807, 2.05) is 31.2 Å². The third-order valence-electron chi connectivity index (χ3n) is 2.70. The van der Waals surface area contributed by atoms with Gasteiger partial charge in [0, 0.05) is 11.4 Å². The van der Waals surface area contributed by atoms with E-state index in [-0.39, 0.29) is 12.6 Å². The van der Waals surface area contributed by atoms with Crippen LogP contribution >= 0.6 is 0 Å². The summed E-state index contributed by atoms with van der Waals surface area (Å²) < 4.78 is 0. The maximum atomic E-state index is 11.7. The van der Waals surface area contributed by atoms with Gasteiger partial charge in [0.15, 0.2) is 0 Å². The number of aliphatic hydroxyl groups excluding tert-OH is 1. The normalized spacial score (nSPS) is 10.0. The SMILES string of the molecule is Cc1ccc(NC(=O)Nc2ccc(CO)cc2)cc1. The molecule has 19 heavy (non-hydrogen) atoms. The molecule has 0 aromatic heterocycles. The Hall–Kier alpha value is -2.33. The largest absolute Gasteiger partial charge is 0.392 e. The van der Waals surface area contributed by atoms with Gasteiger partial charge in [-0.25, -0.2) is 4.79 Å². The minimum absolute atomic E-state index is 0.00412. The van der Waals surface area contributed by atoms with Crippen LogP contribution in [0.2, 0.25) is 0 Å². The minimum Gasteiger partial charge on any atom is -0.392 e. The maximum absolute atomic E-state index is 11.7. The quantitative estimate of drug-likeness (QED) is 0.790. The molecular formula is C15H16N2O2. The Labute approximate surface area is 112 Å². The lowest BCUT2D eigenvalue weighted by Crippen LogP contribution is -2.19. The fourth-order valence-electron chi connectivity index (χ4n) is 1.62. The molecule has 0 atom stereocenters. The zero-order chi connectivity index (χ0) is 13.7. The summed E-state index contributed by atoms with van der Waals surface area (Å²) in [4.78, 5) is 11.7. The van der Waals surface area contributed by atoms with E-state index in [4.69, 9.17) is 5.11 Å². The van der Waals surface area contributed by atoms with Crippen LogP contribution in [0.4, 0.5) is 16.2 Å². The molecule has 0 fully saturated rings. The van der Waals surface area contributed by atoms with Crippen LogP contribution in [0.5, 0.6) is 0 Å². The highest BCUT2D eigenvalue weighted by atomic mass is 16.3. The zero-order valence-corrected chi connectivity index (χ0v) is 10.7. The molecule has 0 spiro atoms. The Balaban J connectivity index is 1.95. The zero-order valence-electron chi connectivity index (χ0n) is 10.7. The molecule has 0 bridgehead atoms. The highest BCUT2D eigenvalue weighted by molar-refractivity contribution is 5.99. The molecule has 0 aliphatic rings. The molecule has 2 aromatic rings. The van der Waals surface area contributed by atoms with E-state index in [1.165, 1.54) is 0 Å². The first-order valence-electron chi connectivity index (χ1n) is 6.02. The maximum Gasteiger partial charge on any atom is 0.323 e. The summed E-state index contributed by atoms with van der Waals surface area (Å²) in [5.74, 6) is 0. The van der Waals surface area contributed by atoms with Crippen molar-refractivity contribution in [3.63, 3.8) is 0 Å². The number of carbonyl (C=O) groups is 1. The lowest BCUT2D eigenvalue weighted by atomic mass is 10.2. The van der Waals surface area contributed by atoms with Gasteiger partial charge < -0.3 is 15.7 Å². The van der Waals surface area contributed by atoms with Crippen LogP contribution in [0, 0.1) is 6.92 Å². The summed E-state index contributed by atoms with van der Waals surface area (Å²) in [6, 6.07) is 14.3. The van der Waals surface area contributed by atoms with Crippen molar-refractivity contribution in [2.75, 3.05) is 10.6 Å². The number of aliphatic hydroxyl groups is 1. The van der Waals surface area contributed by atoms with Gasteiger partial charge in [-0.2, -0.15) is 0 Å². The number of nitrogens with one attached hydrogen (secondary N) is 2. The molecule has 4 heteroatoms. The van der Waals surface area contributed by atoms with Gasteiger partial charge in [0.2, 0.25) is 0 Å². The lowest BCUT2D eigenvalue weighted by molar-refractivity contribution is 0.262. The van der Waals surface area contributed by atoms with Gasteiger partial charge in [0.25, 0.3) is 0 Å². The molecule has 2 aromatic carbocycles. The minimum atomic E-state index is -0.291. The van der Waals surface area contributed by atoms with Crippen molar-refractivity contribution in [1.29, 1.82) is 0 Å². The molecule has 3 N–H and O–H groups in total. The van der Waals surface area contributed by atoms with E-state index >= 15 is 0 Å². The first-order valence-corrected chi connectivity index (χ1v) is 6.02. The number of benzene rings is 2. The average Bonchev–Trinajstić information content (AvgIpc) is 2.42. The molecule has 2 rings (SSSR count). The van der Waals surface area contributed by atoms with Gasteiger partial charge in [0.1, 0.15) is 0 Å². The third-order valence-corrected chi connectivity index (χ3v) is 2.70. The topological polar surface area (TPSA) is 61.4 Å². The molecule has 0 saturated carbocycles. The van der Waals surface area contributed by atoms with Gasteiger partial charge >= 0.3 is 6.03 Å². The van der Waals surface area contributed by atoms with Crippen LogP contribution in [0.3, 0.4) is 0 Å². The molecule has 0 radical (unpaired) electrons. The number of hydrogen-bond acceptors (Lipinski definition) is 2. The molecule has 0 aliphatic carbocycles. The monoisotopic (exact) mass is 256 g/mol. The molecule has 98 valence electrons. The van der Waals surface area contributed by atoms with E-state index in [2.05, 4.69) is 10.6 Å². The van der Waals surface area contributed by atoms with Crippen LogP contribution in [0.25, 0.3) is 0 Å². The van der Waals surface area contributed by atoms with E-state index in [0.29, 0.717) is 5.69 Å². The molecule has 0 aliphatic heterocycles. The molecule has 2 amide bonds. The first-order chi connectivity index (χ1) is 9.17. The molecule has 0 unspecified atom stereocenters. The Morgan fingerprint density at radius 1 is 0.947 bits per heavy atom. The second-order valence-corrected chi connectivity index (χ2v) is 4.30. The first kappa shape index (κ1) is 13.1. The smallest absolute Gasteiger partial charge is 0.323 e. The van der Waals surface area contributed by atoms with Crippen molar-refractivity contribution in [3.05, 3.63) is 59.7 Å². The summed E-state index contributed by atoms with van der Waals surface area (Å²) in [5.41, 5.74) is 3.38. The molecule has 4 nitrogen and oxygen atoms in total. The number of hydrogen-bond donors (Lipinski definition) is 3. The lowest BCUT2D eigenvalue weighted by Gasteiger charge is -2.08. The van der Waals surface area contributed by atoms with Gasteiger partial charge in [-0.05, 0) is 36.8 Å². The Kier molecular flexibility index (Phi) is 4.15. The van der Waals surface area contributed by atoms with Crippen molar-refractivity contribution in [2.24, 2.45) is 0 Å². The standard InChI is InChI=1S/C15H16N2O2/c1-11-2-6-13(7-3-11)16-15(19)17-14-8-4-12(10-18)5-9-14/h2-9,18H,10H2,1H3,(H2,16,17,19). The predicted octanol–water partition coefficient (Wildman–Crippen LogP) is 3.13. The number of carbonyl (C=O) groups excluding carboxylic acids is 1. The summed E-state index contributed by atoms with van der Waals surface area (Å²) in [5, 5.41) is 14.4. The summed E-state index contributed by atoms with van der Waals surface area (Å²) >= 11 is 0. The van der Waals surface area contributed by atoms with Crippen LogP contribution in [-0.4, -0.2) is 11.1 Å². The molecule has 0 saturated heterocycles. The summed E-state index contributed by atoms with van der Waals surface area (Å²) in [7, 11) is 0. The van der Waals surface area contributed by atoms with E-state index < -0.39 is 0 Å². The second kappa shape index (κ2) is 6.02. The average molecular weight is 256 g/mol. The van der Waals surface area contributed by atoms with E-state index in [0.717, 1.165) is 16.8 Å². The third kappa shape index (κ3) is 3.82. The number of urea groups is 1. The second-order valence-electron chi connectivity index (χ2n) is 4.30. The Morgan fingerprint density at radius 2 is 1.42 bits per heavy atom. The van der Waals surface area contributed by atoms with E-state index in [9.17, 15) is 4.79 Å². The van der Waals surface area contributed by atoms with Crippen molar-refractivity contribution in [3.8, 4) is 0 Å². The van der Waals surface area contributed by atoms with Crippen molar-refractivity contribution in [2.45, 2.75) is 13.5 Å². The van der Waals surface area contributed by atoms with Crippen LogP contribution in [-0.2, 0) is 6.61 Å². The Bertz CT molecular complexity index is 547. The van der Waals surface area contributed by atoms with Crippen LogP contribution < -0.4 is 10.6 Å². The number of rotatable bonds is 3. The Morgan fingerprint density at radius 3 is 1.89 bits per heavy atom. The number of aryl methyl sites for hydroxylation is 1. The van der Waals surface area contributed by atoms with Crippen molar-refractivity contribution in [1.82, 2.24) is 0 Å². The molecule has 0 heterocycles. The van der Waals surface area contributed by atoms with Gasteiger partial charge in [-0.1, -0.05) is 29.8 Å². The highest BCUT2D eigenvalue weighted by Crippen LogP contribution is 2.12. The van der Waals surface area contributed by atoms with Crippen LogP contribution in [0.15, 0.2) is 48.5 Å². The summed E-state index contributed by atoms with van der Waals surface area (Å²) in [6.07, 6.45) is 0. The molecular weight excluding hydrogens is 240 g/mol. The van der Waals surface area contributed by atoms with Gasteiger partial charge in [0.05, 0.1) is 6.61 Å². The van der Waals surface area contributed by atoms with Crippen LogP contribution in [0.1, 0.15) is 11.1 Å². The highest BCUT2D eigenvalue weighted by Gasteiger charge is 2.02. The van der Waals surface area contributed by atoms with E-state index in [1.54, 1.807) is 24.3 Å². The van der Waals surface area contributed by atoms with Crippen molar-refractivity contribution < 1.29 is 9.90 Å². The van der Waals surface area contributed by atoms with Crippen molar-refractivity contribution >= 4 is 17.4 Å². The van der Waals surface area contributed by atoms with Gasteiger partial charge in [-0.15, -0.1) is 0 Å². The fourth-order valence-corrected chi connectivity index (χ4v) is 1.62. The predicted molar refractivity (Wildman–Crippen MR) is 76.2 cm³/mol. The fraction of sp³-hybridized carbons (Fsp3) is 0.133.